The number of rotatable bonds is 3. The Labute approximate surface area is 114 Å². The second kappa shape index (κ2) is 5.08. The Bertz CT molecular complexity index is 530. The van der Waals surface area contributed by atoms with Crippen LogP contribution in [0.1, 0.15) is 31.9 Å². The third-order valence-electron chi connectivity index (χ3n) is 3.52. The van der Waals surface area contributed by atoms with E-state index in [4.69, 9.17) is 4.74 Å². The number of aryl methyl sites for hydroxylation is 1. The molecule has 0 unspecified atom stereocenters. The smallest absolute Gasteiger partial charge is 0.230 e. The van der Waals surface area contributed by atoms with Crippen LogP contribution in [-0.2, 0) is 11.2 Å². The molecular formula is C16H21NO2. The molecule has 1 N–H and O–H groups in total. The van der Waals surface area contributed by atoms with Gasteiger partial charge in [0.2, 0.25) is 5.91 Å². The molecule has 3 heteroatoms. The number of hydrogen-bond acceptors (Lipinski definition) is 2. The van der Waals surface area contributed by atoms with Gasteiger partial charge < -0.3 is 10.1 Å². The summed E-state index contributed by atoms with van der Waals surface area (Å²) in [4.78, 5) is 12.0. The first kappa shape index (κ1) is 13.7. The summed E-state index contributed by atoms with van der Waals surface area (Å²) < 4.78 is 5.79. The van der Waals surface area contributed by atoms with Crippen molar-refractivity contribution in [1.29, 1.82) is 0 Å². The first-order valence-corrected chi connectivity index (χ1v) is 6.63. The van der Waals surface area contributed by atoms with Gasteiger partial charge in [0.15, 0.2) is 0 Å². The lowest BCUT2D eigenvalue weighted by atomic mass is 9.80. The van der Waals surface area contributed by atoms with Crippen molar-refractivity contribution in [1.82, 2.24) is 0 Å². The van der Waals surface area contributed by atoms with Crippen molar-refractivity contribution >= 4 is 11.6 Å². The van der Waals surface area contributed by atoms with Gasteiger partial charge in [-0.3, -0.25) is 4.79 Å². The van der Waals surface area contributed by atoms with Crippen LogP contribution in [0, 0.1) is 12.3 Å². The van der Waals surface area contributed by atoms with Crippen LogP contribution < -0.4 is 10.1 Å². The minimum absolute atomic E-state index is 0.0775. The summed E-state index contributed by atoms with van der Waals surface area (Å²) in [6.07, 6.45) is 4.65. The average molecular weight is 259 g/mol. The molecule has 1 aromatic carbocycles. The Morgan fingerprint density at radius 1 is 1.42 bits per heavy atom. The van der Waals surface area contributed by atoms with E-state index in [1.807, 2.05) is 52.0 Å². The number of ether oxygens (including phenoxy) is 1. The van der Waals surface area contributed by atoms with Gasteiger partial charge in [0, 0.05) is 11.0 Å². The SMILES string of the molecule is CC=CCOc1ccc(C)c2c1CC(C)(C)C(=O)N2. The van der Waals surface area contributed by atoms with Gasteiger partial charge >= 0.3 is 0 Å². The number of nitrogens with one attached hydrogen (secondary N) is 1. The molecule has 0 fully saturated rings. The highest BCUT2D eigenvalue weighted by molar-refractivity contribution is 5.99. The average Bonchev–Trinajstić information content (AvgIpc) is 2.35. The van der Waals surface area contributed by atoms with E-state index in [1.165, 1.54) is 0 Å². The molecule has 0 radical (unpaired) electrons. The van der Waals surface area contributed by atoms with Crippen molar-refractivity contribution in [3.63, 3.8) is 0 Å². The molecule has 1 aromatic rings. The second-order valence-corrected chi connectivity index (χ2v) is 5.63. The molecule has 0 aromatic heterocycles. The Kier molecular flexibility index (Phi) is 3.65. The fourth-order valence-corrected chi connectivity index (χ4v) is 2.27. The third kappa shape index (κ3) is 2.65. The molecule has 1 aliphatic heterocycles. The van der Waals surface area contributed by atoms with Crippen molar-refractivity contribution in [2.45, 2.75) is 34.1 Å². The van der Waals surface area contributed by atoms with E-state index < -0.39 is 0 Å². The van der Waals surface area contributed by atoms with Crippen LogP contribution >= 0.6 is 0 Å². The molecule has 1 aliphatic rings. The molecule has 0 bridgehead atoms. The molecule has 0 saturated heterocycles. The Morgan fingerprint density at radius 3 is 2.84 bits per heavy atom. The van der Waals surface area contributed by atoms with E-state index in [0.29, 0.717) is 13.0 Å². The van der Waals surface area contributed by atoms with Crippen LogP contribution in [0.3, 0.4) is 0 Å². The Hall–Kier alpha value is -1.77. The molecule has 0 atom stereocenters. The minimum atomic E-state index is -0.389. The highest BCUT2D eigenvalue weighted by Crippen LogP contribution is 2.40. The van der Waals surface area contributed by atoms with E-state index in [9.17, 15) is 4.79 Å². The first-order valence-electron chi connectivity index (χ1n) is 6.63. The zero-order valence-electron chi connectivity index (χ0n) is 12.0. The van der Waals surface area contributed by atoms with Crippen molar-refractivity contribution in [3.8, 4) is 5.75 Å². The van der Waals surface area contributed by atoms with Gasteiger partial charge in [0.25, 0.3) is 0 Å². The summed E-state index contributed by atoms with van der Waals surface area (Å²) in [5, 5.41) is 3.01. The lowest BCUT2D eigenvalue weighted by Gasteiger charge is -2.32. The predicted octanol–water partition coefficient (Wildman–Crippen LogP) is 3.47. The van der Waals surface area contributed by atoms with Gasteiger partial charge in [-0.05, 0) is 31.9 Å². The van der Waals surface area contributed by atoms with Crippen molar-refractivity contribution in [2.75, 3.05) is 11.9 Å². The van der Waals surface area contributed by atoms with Crippen LogP contribution in [0.2, 0.25) is 0 Å². The van der Waals surface area contributed by atoms with Crippen LogP contribution in [-0.4, -0.2) is 12.5 Å². The highest BCUT2D eigenvalue weighted by atomic mass is 16.5. The fourth-order valence-electron chi connectivity index (χ4n) is 2.27. The number of anilines is 1. The molecule has 3 nitrogen and oxygen atoms in total. The minimum Gasteiger partial charge on any atom is -0.489 e. The third-order valence-corrected chi connectivity index (χ3v) is 3.52. The normalized spacial score (nSPS) is 17.2. The second-order valence-electron chi connectivity index (χ2n) is 5.63. The van der Waals surface area contributed by atoms with E-state index in [2.05, 4.69) is 5.32 Å². The van der Waals surface area contributed by atoms with Crippen molar-refractivity contribution < 1.29 is 9.53 Å². The Balaban J connectivity index is 2.39. The summed E-state index contributed by atoms with van der Waals surface area (Å²) in [6, 6.07) is 3.98. The maximum absolute atomic E-state index is 12.0. The first-order chi connectivity index (χ1) is 8.95. The lowest BCUT2D eigenvalue weighted by molar-refractivity contribution is -0.124. The van der Waals surface area contributed by atoms with Gasteiger partial charge in [-0.1, -0.05) is 32.1 Å². The number of amides is 1. The zero-order chi connectivity index (χ0) is 14.0. The maximum Gasteiger partial charge on any atom is 0.230 e. The van der Waals surface area contributed by atoms with Gasteiger partial charge in [0.1, 0.15) is 12.4 Å². The van der Waals surface area contributed by atoms with Gasteiger partial charge in [-0.2, -0.15) is 0 Å². The number of benzene rings is 1. The topological polar surface area (TPSA) is 38.3 Å². The molecule has 1 amide bonds. The van der Waals surface area contributed by atoms with Crippen molar-refractivity contribution in [2.24, 2.45) is 5.41 Å². The fraction of sp³-hybridized carbons (Fsp3) is 0.438. The van der Waals surface area contributed by atoms with E-state index in [-0.39, 0.29) is 11.3 Å². The summed E-state index contributed by atoms with van der Waals surface area (Å²) in [5.41, 5.74) is 2.72. The molecule has 1 heterocycles. The number of allylic oxidation sites excluding steroid dienone is 1. The summed E-state index contributed by atoms with van der Waals surface area (Å²) in [7, 11) is 0. The quantitative estimate of drug-likeness (QED) is 0.844. The number of hydrogen-bond donors (Lipinski definition) is 1. The van der Waals surface area contributed by atoms with Gasteiger partial charge in [0.05, 0.1) is 5.69 Å². The summed E-state index contributed by atoms with van der Waals surface area (Å²) >= 11 is 0. The lowest BCUT2D eigenvalue weighted by Crippen LogP contribution is -2.37. The van der Waals surface area contributed by atoms with Gasteiger partial charge in [-0.15, -0.1) is 0 Å². The predicted molar refractivity (Wildman–Crippen MR) is 77.6 cm³/mol. The summed E-state index contributed by atoms with van der Waals surface area (Å²) in [5.74, 6) is 0.945. The number of carbonyl (C=O) groups is 1. The van der Waals surface area contributed by atoms with Gasteiger partial charge in [-0.25, -0.2) is 0 Å². The van der Waals surface area contributed by atoms with Crippen LogP contribution in [0.15, 0.2) is 24.3 Å². The Morgan fingerprint density at radius 2 is 2.16 bits per heavy atom. The number of carbonyl (C=O) groups excluding carboxylic acids is 1. The van der Waals surface area contributed by atoms with E-state index >= 15 is 0 Å². The monoisotopic (exact) mass is 259 g/mol. The highest BCUT2D eigenvalue weighted by Gasteiger charge is 2.35. The molecule has 0 saturated carbocycles. The maximum atomic E-state index is 12.0. The van der Waals surface area contributed by atoms with Crippen LogP contribution in [0.4, 0.5) is 5.69 Å². The summed E-state index contributed by atoms with van der Waals surface area (Å²) in [6.45, 7) is 8.46. The number of fused-ring (bicyclic) bond motifs is 1. The zero-order valence-corrected chi connectivity index (χ0v) is 12.0. The van der Waals surface area contributed by atoms with Crippen molar-refractivity contribution in [3.05, 3.63) is 35.4 Å². The molecule has 0 aliphatic carbocycles. The largest absolute Gasteiger partial charge is 0.489 e. The van der Waals surface area contributed by atoms with Crippen LogP contribution in [0.25, 0.3) is 0 Å². The molecular weight excluding hydrogens is 238 g/mol. The van der Waals surface area contributed by atoms with E-state index in [1.54, 1.807) is 0 Å². The molecule has 2 rings (SSSR count). The standard InChI is InChI=1S/C16H21NO2/c1-5-6-9-19-13-8-7-11(2)14-12(13)10-16(3,4)15(18)17-14/h5-8H,9-10H2,1-4H3,(H,17,18). The molecule has 19 heavy (non-hydrogen) atoms. The van der Waals surface area contributed by atoms with Crippen LogP contribution in [0.5, 0.6) is 5.75 Å². The van der Waals surface area contributed by atoms with E-state index in [0.717, 1.165) is 22.6 Å². The molecule has 0 spiro atoms. The molecule has 102 valence electrons.